The average Bonchev–Trinajstić information content (AvgIpc) is 2.44. The Kier molecular flexibility index (Phi) is 5.87. The molecular weight excluding hydrogens is 399 g/mol. The van der Waals surface area contributed by atoms with E-state index >= 15 is 0 Å². The minimum Gasteiger partial charge on any atom is -0.426 e. The van der Waals surface area contributed by atoms with Crippen LogP contribution in [0.25, 0.3) is 0 Å². The number of carbonyl (C=O) groups is 1. The highest BCUT2D eigenvalue weighted by atomic mass is 19.4. The molecule has 154 valence electrons. The van der Waals surface area contributed by atoms with E-state index in [2.05, 4.69) is 4.74 Å². The lowest BCUT2D eigenvalue weighted by Crippen LogP contribution is -2.62. The lowest BCUT2D eigenvalue weighted by atomic mass is 9.85. The molecule has 1 atom stereocenters. The standard InChI is InChI=1S/C15H13F9O3/c1-8(25)27-10-6-4-3-5-9(10)11(2,26)7-12(16,17)13(18,19)14(20,21)15(22,23)24/h3-6,26H,7H2,1-2H3. The second kappa shape index (κ2) is 6.88. The highest BCUT2D eigenvalue weighted by molar-refractivity contribution is 5.70. The highest BCUT2D eigenvalue weighted by Gasteiger charge is 2.82. The van der Waals surface area contributed by atoms with Gasteiger partial charge in [-0.1, -0.05) is 18.2 Å². The van der Waals surface area contributed by atoms with Crippen LogP contribution in [0.1, 0.15) is 25.8 Å². The van der Waals surface area contributed by atoms with Crippen molar-refractivity contribution in [3.8, 4) is 5.75 Å². The fraction of sp³-hybridized carbons (Fsp3) is 0.533. The summed E-state index contributed by atoms with van der Waals surface area (Å²) in [6, 6.07) is 4.15. The Bertz CT molecular complexity index is 696. The smallest absolute Gasteiger partial charge is 0.426 e. The number of para-hydroxylation sites is 1. The molecule has 27 heavy (non-hydrogen) atoms. The maximum atomic E-state index is 13.8. The van der Waals surface area contributed by atoms with Gasteiger partial charge in [0.05, 0.1) is 12.0 Å². The molecule has 0 aromatic heterocycles. The Labute approximate surface area is 146 Å². The summed E-state index contributed by atoms with van der Waals surface area (Å²) in [5.41, 5.74) is -3.74. The van der Waals surface area contributed by atoms with Crippen LogP contribution >= 0.6 is 0 Å². The van der Waals surface area contributed by atoms with Crippen LogP contribution in [0.5, 0.6) is 5.75 Å². The number of ether oxygens (including phenoxy) is 1. The molecule has 0 aliphatic heterocycles. The van der Waals surface area contributed by atoms with Crippen LogP contribution in [0.15, 0.2) is 24.3 Å². The second-order valence-corrected chi connectivity index (χ2v) is 5.89. The van der Waals surface area contributed by atoms with Gasteiger partial charge in [0, 0.05) is 12.5 Å². The predicted molar refractivity (Wildman–Crippen MR) is 72.8 cm³/mol. The number of alkyl halides is 9. The van der Waals surface area contributed by atoms with Crippen LogP contribution in [0.2, 0.25) is 0 Å². The first-order valence-electron chi connectivity index (χ1n) is 7.07. The summed E-state index contributed by atoms with van der Waals surface area (Å²) in [5, 5.41) is 10.1. The Morgan fingerprint density at radius 2 is 1.44 bits per heavy atom. The molecule has 0 spiro atoms. The maximum absolute atomic E-state index is 13.8. The van der Waals surface area contributed by atoms with Gasteiger partial charge >= 0.3 is 29.9 Å². The topological polar surface area (TPSA) is 46.5 Å². The molecule has 1 aromatic rings. The maximum Gasteiger partial charge on any atom is 0.460 e. The van der Waals surface area contributed by atoms with Crippen molar-refractivity contribution in [3.05, 3.63) is 29.8 Å². The summed E-state index contributed by atoms with van der Waals surface area (Å²) in [6.07, 6.45) is -9.47. The fourth-order valence-corrected chi connectivity index (χ4v) is 2.20. The van der Waals surface area contributed by atoms with Gasteiger partial charge in [0.1, 0.15) is 5.75 Å². The van der Waals surface area contributed by atoms with Crippen molar-refractivity contribution < 1.29 is 54.2 Å². The minimum atomic E-state index is -7.06. The van der Waals surface area contributed by atoms with Gasteiger partial charge in [-0.25, -0.2) is 0 Å². The lowest BCUT2D eigenvalue weighted by Gasteiger charge is -2.37. The average molecular weight is 412 g/mol. The van der Waals surface area contributed by atoms with Gasteiger partial charge in [-0.3, -0.25) is 4.79 Å². The number of carbonyl (C=O) groups excluding carboxylic acids is 1. The first-order chi connectivity index (χ1) is 11.9. The van der Waals surface area contributed by atoms with Crippen LogP contribution in [-0.2, 0) is 10.4 Å². The van der Waals surface area contributed by atoms with Gasteiger partial charge in [-0.2, -0.15) is 39.5 Å². The van der Waals surface area contributed by atoms with Crippen molar-refractivity contribution in [1.82, 2.24) is 0 Å². The minimum absolute atomic E-state index is 0.477. The van der Waals surface area contributed by atoms with Crippen molar-refractivity contribution in [1.29, 1.82) is 0 Å². The SMILES string of the molecule is CC(=O)Oc1ccccc1C(C)(O)CC(F)(F)C(F)(F)C(F)(F)C(F)(F)F. The highest BCUT2D eigenvalue weighted by Crippen LogP contribution is 2.55. The molecule has 1 N–H and O–H groups in total. The van der Waals surface area contributed by atoms with Crippen LogP contribution < -0.4 is 4.74 Å². The predicted octanol–water partition coefficient (Wildman–Crippen LogP) is 4.68. The molecule has 0 heterocycles. The third-order valence-corrected chi connectivity index (χ3v) is 3.50. The summed E-state index contributed by atoms with van der Waals surface area (Å²) in [5.74, 6) is -21.5. The Balaban J connectivity index is 3.34. The molecule has 0 saturated carbocycles. The van der Waals surface area contributed by atoms with E-state index in [1.54, 1.807) is 0 Å². The summed E-state index contributed by atoms with van der Waals surface area (Å²) in [4.78, 5) is 11.0. The third kappa shape index (κ3) is 4.30. The number of rotatable bonds is 6. The van der Waals surface area contributed by atoms with E-state index in [1.165, 1.54) is 6.07 Å². The van der Waals surface area contributed by atoms with E-state index in [0.29, 0.717) is 6.92 Å². The van der Waals surface area contributed by atoms with Crippen molar-refractivity contribution in [2.75, 3.05) is 0 Å². The van der Waals surface area contributed by atoms with Crippen molar-refractivity contribution in [2.24, 2.45) is 0 Å². The van der Waals surface area contributed by atoms with E-state index < -0.39 is 53.2 Å². The molecule has 3 nitrogen and oxygen atoms in total. The molecule has 0 saturated heterocycles. The number of aliphatic hydroxyl groups is 1. The first-order valence-corrected chi connectivity index (χ1v) is 7.07. The summed E-state index contributed by atoms with van der Waals surface area (Å²) < 4.78 is 121. The monoisotopic (exact) mass is 412 g/mol. The summed E-state index contributed by atoms with van der Waals surface area (Å²) >= 11 is 0. The zero-order valence-corrected chi connectivity index (χ0v) is 13.7. The van der Waals surface area contributed by atoms with Crippen LogP contribution in [0.4, 0.5) is 39.5 Å². The largest absolute Gasteiger partial charge is 0.460 e. The Morgan fingerprint density at radius 3 is 1.89 bits per heavy atom. The number of hydrogen-bond donors (Lipinski definition) is 1. The van der Waals surface area contributed by atoms with Gasteiger partial charge < -0.3 is 9.84 Å². The molecular formula is C15H13F9O3. The van der Waals surface area contributed by atoms with Crippen molar-refractivity contribution >= 4 is 5.97 Å². The number of esters is 1. The number of benzene rings is 1. The molecule has 0 aliphatic carbocycles. The van der Waals surface area contributed by atoms with Gasteiger partial charge in [-0.15, -0.1) is 0 Å². The summed E-state index contributed by atoms with van der Waals surface area (Å²) in [6.45, 7) is 1.36. The van der Waals surface area contributed by atoms with E-state index in [4.69, 9.17) is 0 Å². The Morgan fingerprint density at radius 1 is 0.963 bits per heavy atom. The van der Waals surface area contributed by atoms with Gasteiger partial charge in [0.25, 0.3) is 0 Å². The normalized spacial score (nSPS) is 16.0. The number of halogens is 9. The molecule has 0 radical (unpaired) electrons. The quantitative estimate of drug-likeness (QED) is 0.420. The third-order valence-electron chi connectivity index (χ3n) is 3.50. The zero-order valence-electron chi connectivity index (χ0n) is 13.7. The van der Waals surface area contributed by atoms with Gasteiger partial charge in [0.15, 0.2) is 0 Å². The van der Waals surface area contributed by atoms with E-state index in [0.717, 1.165) is 25.1 Å². The summed E-state index contributed by atoms with van der Waals surface area (Å²) in [7, 11) is 0. The van der Waals surface area contributed by atoms with Crippen molar-refractivity contribution in [3.63, 3.8) is 0 Å². The Hall–Kier alpha value is -1.98. The van der Waals surface area contributed by atoms with Crippen LogP contribution in [-0.4, -0.2) is 35.0 Å². The van der Waals surface area contributed by atoms with E-state index in [9.17, 15) is 49.4 Å². The zero-order chi connectivity index (χ0) is 21.5. The number of hydrogen-bond acceptors (Lipinski definition) is 3. The van der Waals surface area contributed by atoms with Crippen LogP contribution in [0.3, 0.4) is 0 Å². The lowest BCUT2D eigenvalue weighted by molar-refractivity contribution is -0.400. The molecule has 1 unspecified atom stereocenters. The molecule has 1 aromatic carbocycles. The van der Waals surface area contributed by atoms with Gasteiger partial charge in [0.2, 0.25) is 0 Å². The molecule has 0 bridgehead atoms. The molecule has 1 rings (SSSR count). The van der Waals surface area contributed by atoms with E-state index in [1.807, 2.05) is 0 Å². The molecule has 0 amide bonds. The van der Waals surface area contributed by atoms with Crippen LogP contribution in [0, 0.1) is 0 Å². The molecule has 0 aliphatic rings. The van der Waals surface area contributed by atoms with E-state index in [-0.39, 0.29) is 0 Å². The van der Waals surface area contributed by atoms with Gasteiger partial charge in [-0.05, 0) is 13.0 Å². The molecule has 0 fully saturated rings. The second-order valence-electron chi connectivity index (χ2n) is 5.89. The fourth-order valence-electron chi connectivity index (χ4n) is 2.20. The molecule has 12 heteroatoms. The first kappa shape index (κ1) is 23.1. The van der Waals surface area contributed by atoms with Crippen molar-refractivity contribution in [2.45, 2.75) is 49.8 Å².